The minimum absolute atomic E-state index is 0.0687. The van der Waals surface area contributed by atoms with Gasteiger partial charge in [0, 0.05) is 47.7 Å². The number of ether oxygens (including phenoxy) is 3. The van der Waals surface area contributed by atoms with Gasteiger partial charge in [-0.1, -0.05) is 24.9 Å². The highest BCUT2D eigenvalue weighted by molar-refractivity contribution is 5.70. The van der Waals surface area contributed by atoms with Crippen LogP contribution in [0.1, 0.15) is 175 Å². The van der Waals surface area contributed by atoms with E-state index in [1.54, 1.807) is 0 Å². The van der Waals surface area contributed by atoms with Gasteiger partial charge in [-0.15, -0.1) is 0 Å². The monoisotopic (exact) mass is 794 g/mol. The van der Waals surface area contributed by atoms with Crippen LogP contribution in [-0.4, -0.2) is 99.1 Å². The number of nitrogens with zero attached hydrogens (tertiary/aromatic N) is 6. The first kappa shape index (κ1) is 51.1. The average molecular weight is 794 g/mol. The zero-order chi connectivity index (χ0) is 43.3. The van der Waals surface area contributed by atoms with E-state index in [9.17, 15) is 14.4 Å². The first-order chi connectivity index (χ1) is 25.5. The fourth-order valence-electron chi connectivity index (χ4n) is 8.05. The van der Waals surface area contributed by atoms with Crippen LogP contribution in [0.4, 0.5) is 14.4 Å². The van der Waals surface area contributed by atoms with Crippen molar-refractivity contribution in [3.05, 3.63) is 10.4 Å². The summed E-state index contributed by atoms with van der Waals surface area (Å²) in [5.74, 6) is 1.63. The molecular weight excluding hydrogens is 711 g/mol. The van der Waals surface area contributed by atoms with Crippen LogP contribution in [-0.2, 0) is 14.2 Å². The van der Waals surface area contributed by atoms with E-state index < -0.39 is 16.8 Å². The number of azide groups is 1. The predicted molar refractivity (Wildman–Crippen MR) is 226 cm³/mol. The molecule has 0 saturated carbocycles. The Morgan fingerprint density at radius 3 is 1.20 bits per heavy atom. The number of carbonyl (C=O) groups is 3. The number of nitrogens with two attached hydrogens (primary N) is 1. The van der Waals surface area contributed by atoms with Crippen LogP contribution < -0.4 is 5.73 Å². The molecule has 3 heterocycles. The van der Waals surface area contributed by atoms with Crippen LogP contribution in [0.2, 0.25) is 0 Å². The molecule has 3 amide bonds. The lowest BCUT2D eigenvalue weighted by Gasteiger charge is -2.33. The van der Waals surface area contributed by atoms with Crippen molar-refractivity contribution in [2.24, 2.45) is 28.6 Å². The number of unbranched alkanes of at least 4 members (excludes halogenated alkanes) is 1. The maximum absolute atomic E-state index is 12.2. The molecule has 0 unspecified atom stereocenters. The van der Waals surface area contributed by atoms with E-state index in [1.807, 2.05) is 77.0 Å². The van der Waals surface area contributed by atoms with Crippen molar-refractivity contribution in [1.82, 2.24) is 14.7 Å². The average Bonchev–Trinajstić information content (AvgIpc) is 3.62. The Hall–Kier alpha value is -2.92. The second-order valence-corrected chi connectivity index (χ2v) is 21.1. The van der Waals surface area contributed by atoms with Gasteiger partial charge in [0.25, 0.3) is 0 Å². The summed E-state index contributed by atoms with van der Waals surface area (Å²) in [4.78, 5) is 45.0. The molecule has 0 aromatic rings. The van der Waals surface area contributed by atoms with Crippen LogP contribution in [0.25, 0.3) is 10.4 Å². The molecule has 13 heteroatoms. The van der Waals surface area contributed by atoms with Gasteiger partial charge < -0.3 is 34.6 Å². The number of rotatable bonds is 10. The van der Waals surface area contributed by atoms with Gasteiger partial charge in [-0.2, -0.15) is 0 Å². The van der Waals surface area contributed by atoms with E-state index >= 15 is 0 Å². The van der Waals surface area contributed by atoms with Crippen molar-refractivity contribution in [1.29, 1.82) is 0 Å². The summed E-state index contributed by atoms with van der Waals surface area (Å²) < 4.78 is 16.4. The molecule has 3 fully saturated rings. The Labute approximate surface area is 341 Å². The summed E-state index contributed by atoms with van der Waals surface area (Å²) >= 11 is 0. The third-order valence-corrected chi connectivity index (χ3v) is 10.4. The van der Waals surface area contributed by atoms with Crippen molar-refractivity contribution in [2.75, 3.05) is 32.7 Å². The molecule has 3 atom stereocenters. The molecule has 0 aromatic carbocycles. The van der Waals surface area contributed by atoms with E-state index in [2.05, 4.69) is 58.5 Å². The fraction of sp³-hybridized carbons (Fsp3) is 0.930. The van der Waals surface area contributed by atoms with Crippen molar-refractivity contribution in [3.63, 3.8) is 0 Å². The van der Waals surface area contributed by atoms with Crippen LogP contribution in [0, 0.1) is 17.8 Å². The van der Waals surface area contributed by atoms with Gasteiger partial charge in [-0.25, -0.2) is 14.4 Å². The van der Waals surface area contributed by atoms with Gasteiger partial charge in [-0.05, 0) is 185 Å². The molecule has 0 spiro atoms. The van der Waals surface area contributed by atoms with Gasteiger partial charge >= 0.3 is 18.3 Å². The summed E-state index contributed by atoms with van der Waals surface area (Å²) in [6.45, 7) is 35.6. The smallest absolute Gasteiger partial charge is 0.410 e. The van der Waals surface area contributed by atoms with E-state index in [0.29, 0.717) is 24.3 Å². The Morgan fingerprint density at radius 2 is 0.929 bits per heavy atom. The number of hydrogen-bond donors (Lipinski definition) is 1. The summed E-state index contributed by atoms with van der Waals surface area (Å²) in [6.07, 6.45) is 10.2. The van der Waals surface area contributed by atoms with Crippen LogP contribution >= 0.6 is 0 Å². The van der Waals surface area contributed by atoms with Gasteiger partial charge in [0.05, 0.1) is 0 Å². The molecule has 56 heavy (non-hydrogen) atoms. The first-order valence-electron chi connectivity index (χ1n) is 21.2. The molecule has 0 aromatic heterocycles. The summed E-state index contributed by atoms with van der Waals surface area (Å²) in [7, 11) is 0. The Bertz CT molecular complexity index is 1230. The number of carbonyl (C=O) groups excluding carboxylic acids is 3. The van der Waals surface area contributed by atoms with E-state index in [1.165, 1.54) is 19.3 Å². The third-order valence-electron chi connectivity index (χ3n) is 10.4. The van der Waals surface area contributed by atoms with Crippen LogP contribution in [0.15, 0.2) is 5.11 Å². The Morgan fingerprint density at radius 1 is 0.625 bits per heavy atom. The predicted octanol–water partition coefficient (Wildman–Crippen LogP) is 11.1. The van der Waals surface area contributed by atoms with Gasteiger partial charge in [0.15, 0.2) is 0 Å². The molecule has 3 rings (SSSR count). The molecule has 3 aliphatic rings. The van der Waals surface area contributed by atoms with E-state index in [0.717, 1.165) is 71.1 Å². The highest BCUT2D eigenvalue weighted by Gasteiger charge is 2.44. The zero-order valence-corrected chi connectivity index (χ0v) is 38.5. The van der Waals surface area contributed by atoms with Crippen molar-refractivity contribution in [2.45, 2.75) is 208 Å². The van der Waals surface area contributed by atoms with Crippen molar-refractivity contribution < 1.29 is 28.6 Å². The molecule has 2 N–H and O–H groups in total. The fourth-order valence-corrected chi connectivity index (χ4v) is 8.05. The maximum Gasteiger partial charge on any atom is 0.410 e. The summed E-state index contributed by atoms with van der Waals surface area (Å²) in [5.41, 5.74) is 12.1. The molecule has 326 valence electrons. The third kappa shape index (κ3) is 18.6. The van der Waals surface area contributed by atoms with Crippen LogP contribution in [0.5, 0.6) is 0 Å². The first-order valence-corrected chi connectivity index (χ1v) is 21.2. The number of hydrogen-bond acceptors (Lipinski definition) is 8. The van der Waals surface area contributed by atoms with Crippen molar-refractivity contribution >= 4 is 18.3 Å². The number of amides is 3. The molecule has 13 nitrogen and oxygen atoms in total. The van der Waals surface area contributed by atoms with E-state index in [-0.39, 0.29) is 34.9 Å². The normalized spacial score (nSPS) is 22.6. The lowest BCUT2D eigenvalue weighted by Crippen LogP contribution is -2.45. The van der Waals surface area contributed by atoms with Gasteiger partial charge in [0.2, 0.25) is 0 Å². The number of likely N-dealkylation sites (tertiary alicyclic amines) is 3. The molecule has 0 aliphatic carbocycles. The molecular formula is C43H83N7O6. The quantitative estimate of drug-likeness (QED) is 0.0756. The Kier molecular flexibility index (Phi) is 19.3. The standard InChI is InChI=1S/C15H29NO2.C14H26N4O2.C14H28N2O2/c1-7-8-9-12-10-15(5,6)16(11-12)13(17)18-14(2,3)4;1-13(2,3)20-12(19)18-10-11(9-14(18,4)5)7-6-8-16-17-15;1-13(2,3)18-12(17)16-10-11(7-6-8-15)9-14(16,4)5/h12H,7-11H2,1-6H3;11H,6-10H2,1-5H3;11H,6-10,15H2,1-5H3/t12-;2*11-/m000/s1. The molecule has 3 aliphatic heterocycles. The van der Waals surface area contributed by atoms with Crippen molar-refractivity contribution in [3.8, 4) is 0 Å². The minimum atomic E-state index is -0.466. The molecule has 3 saturated heterocycles. The summed E-state index contributed by atoms with van der Waals surface area (Å²) in [5, 5.41) is 3.55. The zero-order valence-electron chi connectivity index (χ0n) is 38.5. The Balaban J connectivity index is 0.000000421. The van der Waals surface area contributed by atoms with Gasteiger partial charge in [-0.3, -0.25) is 0 Å². The van der Waals surface area contributed by atoms with E-state index in [4.69, 9.17) is 25.5 Å². The summed E-state index contributed by atoms with van der Waals surface area (Å²) in [6, 6.07) is 0. The van der Waals surface area contributed by atoms with Gasteiger partial charge in [0.1, 0.15) is 16.8 Å². The highest BCUT2D eigenvalue weighted by Crippen LogP contribution is 2.38. The maximum atomic E-state index is 12.2. The second-order valence-electron chi connectivity index (χ2n) is 21.1. The molecule has 0 bridgehead atoms. The SMILES string of the molecule is CC(C)(C)OC(=O)N1C[C@@H](CCCN)CC1(C)C.CC(C)(C)OC(=O)N1C[C@@H](CCCN=[N+]=[N-])CC1(C)C.CCCC[C@@H]1CN(C(=O)OC(C)(C)C)C(C)(C)C1. The minimum Gasteiger partial charge on any atom is -0.444 e. The largest absolute Gasteiger partial charge is 0.444 e. The lowest BCUT2D eigenvalue weighted by molar-refractivity contribution is 0.0118. The molecule has 0 radical (unpaired) electrons. The highest BCUT2D eigenvalue weighted by atomic mass is 16.6. The second kappa shape index (κ2) is 21.2. The topological polar surface area (TPSA) is 163 Å². The van der Waals surface area contributed by atoms with Crippen LogP contribution in [0.3, 0.4) is 0 Å². The lowest BCUT2D eigenvalue weighted by atomic mass is 9.93.